The molecule has 7 heteroatoms. The number of anilines is 1. The number of carbonyl (C=O) groups is 1. The number of hydrogen-bond donors (Lipinski definition) is 1. The van der Waals surface area contributed by atoms with Gasteiger partial charge in [0.15, 0.2) is 0 Å². The van der Waals surface area contributed by atoms with Crippen LogP contribution in [0.4, 0.5) is 5.69 Å². The van der Waals surface area contributed by atoms with Gasteiger partial charge in [0, 0.05) is 38.7 Å². The van der Waals surface area contributed by atoms with Gasteiger partial charge in [-0.25, -0.2) is 4.68 Å². The summed E-state index contributed by atoms with van der Waals surface area (Å²) in [5.74, 6) is 0.399. The maximum absolute atomic E-state index is 12.0. The molecule has 7 nitrogen and oxygen atoms in total. The second-order valence-electron chi connectivity index (χ2n) is 6.68. The molecule has 1 saturated heterocycles. The van der Waals surface area contributed by atoms with Gasteiger partial charge in [-0.3, -0.25) is 9.59 Å². The van der Waals surface area contributed by atoms with Gasteiger partial charge in [-0.15, -0.1) is 0 Å². The summed E-state index contributed by atoms with van der Waals surface area (Å²) in [4.78, 5) is 25.9. The van der Waals surface area contributed by atoms with Crippen LogP contribution in [0, 0.1) is 5.92 Å². The van der Waals surface area contributed by atoms with E-state index in [2.05, 4.69) is 15.3 Å². The van der Waals surface area contributed by atoms with Crippen LogP contribution in [-0.4, -0.2) is 48.0 Å². The monoisotopic (exact) mass is 334 g/mol. The predicted molar refractivity (Wildman–Crippen MR) is 91.0 cm³/mol. The molecule has 0 bridgehead atoms. The van der Waals surface area contributed by atoms with Gasteiger partial charge in [0.25, 0.3) is 5.56 Å². The Kier molecular flexibility index (Phi) is 5.50. The number of ether oxygens (including phenoxy) is 1. The molecular weight excluding hydrogens is 308 g/mol. The number of aryl methyl sites for hydroxylation is 1. The Hall–Kier alpha value is -1.89. The van der Waals surface area contributed by atoms with Crippen molar-refractivity contribution >= 4 is 11.6 Å². The number of aromatic nitrogens is 2. The molecule has 1 atom stereocenters. The van der Waals surface area contributed by atoms with E-state index in [4.69, 9.17) is 4.74 Å². The van der Waals surface area contributed by atoms with Gasteiger partial charge >= 0.3 is 0 Å². The third-order valence-corrected chi connectivity index (χ3v) is 4.95. The molecule has 3 rings (SSSR count). The van der Waals surface area contributed by atoms with Crippen molar-refractivity contribution in [3.05, 3.63) is 22.6 Å². The van der Waals surface area contributed by atoms with Gasteiger partial charge in [-0.2, -0.15) is 5.10 Å². The molecule has 24 heavy (non-hydrogen) atoms. The Morgan fingerprint density at radius 3 is 2.96 bits per heavy atom. The van der Waals surface area contributed by atoms with E-state index < -0.39 is 0 Å². The summed E-state index contributed by atoms with van der Waals surface area (Å²) in [5.41, 5.74) is 0.723. The Labute approximate surface area is 142 Å². The lowest BCUT2D eigenvalue weighted by Crippen LogP contribution is -2.44. The molecule has 1 aromatic heterocycles. The highest BCUT2D eigenvalue weighted by Crippen LogP contribution is 2.24. The summed E-state index contributed by atoms with van der Waals surface area (Å²) in [6, 6.07) is 1.61. The smallest absolute Gasteiger partial charge is 0.268 e. The average Bonchev–Trinajstić information content (AvgIpc) is 3.12. The molecule has 2 heterocycles. The van der Waals surface area contributed by atoms with E-state index in [0.29, 0.717) is 19.7 Å². The molecule has 1 amide bonds. The Bertz CT molecular complexity index is 625. The molecule has 132 valence electrons. The van der Waals surface area contributed by atoms with Crippen molar-refractivity contribution in [3.63, 3.8) is 0 Å². The number of morpholine rings is 1. The van der Waals surface area contributed by atoms with Crippen molar-refractivity contribution in [1.29, 1.82) is 0 Å². The fourth-order valence-electron chi connectivity index (χ4n) is 3.45. The van der Waals surface area contributed by atoms with Gasteiger partial charge in [0.05, 0.1) is 24.6 Å². The SMILES string of the molecule is Cn1ncc(N2CCO[C@H](CCNC(=O)C3CCCC3)C2)cc1=O. The first kappa shape index (κ1) is 17.0. The van der Waals surface area contributed by atoms with Crippen LogP contribution in [0.1, 0.15) is 32.1 Å². The highest BCUT2D eigenvalue weighted by Gasteiger charge is 2.24. The molecule has 0 radical (unpaired) electrons. The van der Waals surface area contributed by atoms with Crippen molar-refractivity contribution in [2.24, 2.45) is 13.0 Å². The lowest BCUT2D eigenvalue weighted by atomic mass is 10.1. The molecule has 1 saturated carbocycles. The van der Waals surface area contributed by atoms with E-state index in [1.54, 1.807) is 19.3 Å². The minimum Gasteiger partial charge on any atom is -0.374 e. The average molecular weight is 334 g/mol. The maximum Gasteiger partial charge on any atom is 0.268 e. The Balaban J connectivity index is 1.47. The number of nitrogens with one attached hydrogen (secondary N) is 1. The van der Waals surface area contributed by atoms with Gasteiger partial charge in [-0.05, 0) is 19.3 Å². The molecule has 2 fully saturated rings. The van der Waals surface area contributed by atoms with E-state index in [1.807, 2.05) is 0 Å². The Morgan fingerprint density at radius 2 is 2.21 bits per heavy atom. The van der Waals surface area contributed by atoms with E-state index in [-0.39, 0.29) is 23.5 Å². The Morgan fingerprint density at radius 1 is 1.42 bits per heavy atom. The summed E-state index contributed by atoms with van der Waals surface area (Å²) in [6.07, 6.45) is 6.95. The van der Waals surface area contributed by atoms with Crippen LogP contribution in [0.2, 0.25) is 0 Å². The van der Waals surface area contributed by atoms with E-state index in [9.17, 15) is 9.59 Å². The van der Waals surface area contributed by atoms with Gasteiger partial charge in [-0.1, -0.05) is 12.8 Å². The third-order valence-electron chi connectivity index (χ3n) is 4.95. The second kappa shape index (κ2) is 7.79. The van der Waals surface area contributed by atoms with Crippen molar-refractivity contribution in [1.82, 2.24) is 15.1 Å². The highest BCUT2D eigenvalue weighted by atomic mass is 16.5. The van der Waals surface area contributed by atoms with E-state index in [0.717, 1.165) is 31.5 Å². The molecule has 1 N–H and O–H groups in total. The van der Waals surface area contributed by atoms with Crippen LogP contribution < -0.4 is 15.8 Å². The summed E-state index contributed by atoms with van der Waals surface area (Å²) in [6.45, 7) is 2.73. The van der Waals surface area contributed by atoms with Crippen LogP contribution in [-0.2, 0) is 16.6 Å². The first-order valence-corrected chi connectivity index (χ1v) is 8.81. The fourth-order valence-corrected chi connectivity index (χ4v) is 3.45. The first-order chi connectivity index (χ1) is 11.6. The number of nitrogens with zero attached hydrogens (tertiary/aromatic N) is 3. The molecule has 1 aliphatic heterocycles. The summed E-state index contributed by atoms with van der Waals surface area (Å²) < 4.78 is 7.11. The van der Waals surface area contributed by atoms with Gasteiger partial charge in [0.1, 0.15) is 0 Å². The van der Waals surface area contributed by atoms with E-state index >= 15 is 0 Å². The van der Waals surface area contributed by atoms with Crippen molar-refractivity contribution in [2.75, 3.05) is 31.1 Å². The van der Waals surface area contributed by atoms with Crippen molar-refractivity contribution < 1.29 is 9.53 Å². The lowest BCUT2D eigenvalue weighted by molar-refractivity contribution is -0.124. The van der Waals surface area contributed by atoms with Gasteiger partial charge in [0.2, 0.25) is 5.91 Å². The zero-order chi connectivity index (χ0) is 16.9. The van der Waals surface area contributed by atoms with Crippen LogP contribution >= 0.6 is 0 Å². The minimum absolute atomic E-state index is 0.0617. The molecular formula is C17H26N4O3. The molecule has 0 aromatic carbocycles. The number of carbonyl (C=O) groups excluding carboxylic acids is 1. The predicted octanol–water partition coefficient (Wildman–Crippen LogP) is 0.682. The lowest BCUT2D eigenvalue weighted by Gasteiger charge is -2.34. The normalized spacial score (nSPS) is 21.9. The van der Waals surface area contributed by atoms with Crippen molar-refractivity contribution in [3.8, 4) is 0 Å². The van der Waals surface area contributed by atoms with Crippen LogP contribution in [0.5, 0.6) is 0 Å². The molecule has 1 aliphatic carbocycles. The minimum atomic E-state index is -0.112. The fraction of sp³-hybridized carbons (Fsp3) is 0.706. The van der Waals surface area contributed by atoms with Crippen LogP contribution in [0.15, 0.2) is 17.1 Å². The highest BCUT2D eigenvalue weighted by molar-refractivity contribution is 5.78. The van der Waals surface area contributed by atoms with Crippen molar-refractivity contribution in [2.45, 2.75) is 38.2 Å². The summed E-state index contributed by atoms with van der Waals surface area (Å²) in [7, 11) is 1.64. The zero-order valence-electron chi connectivity index (χ0n) is 14.2. The zero-order valence-corrected chi connectivity index (χ0v) is 14.2. The van der Waals surface area contributed by atoms with E-state index in [1.165, 1.54) is 17.5 Å². The molecule has 2 aliphatic rings. The first-order valence-electron chi connectivity index (χ1n) is 8.81. The second-order valence-corrected chi connectivity index (χ2v) is 6.68. The summed E-state index contributed by atoms with van der Waals surface area (Å²) in [5, 5.41) is 7.11. The topological polar surface area (TPSA) is 76.5 Å². The molecule has 1 aromatic rings. The molecule has 0 unspecified atom stereocenters. The number of amides is 1. The summed E-state index contributed by atoms with van der Waals surface area (Å²) >= 11 is 0. The largest absolute Gasteiger partial charge is 0.374 e. The standard InChI is InChI=1S/C17H26N4O3/c1-20-16(22)10-14(11-19-20)21-8-9-24-15(12-21)6-7-18-17(23)13-4-2-3-5-13/h10-11,13,15H,2-9,12H2,1H3,(H,18,23)/t15-/m1/s1. The number of hydrogen-bond acceptors (Lipinski definition) is 5. The maximum atomic E-state index is 12.0. The molecule has 0 spiro atoms. The number of rotatable bonds is 5. The van der Waals surface area contributed by atoms with Crippen LogP contribution in [0.3, 0.4) is 0 Å². The van der Waals surface area contributed by atoms with Crippen LogP contribution in [0.25, 0.3) is 0 Å². The van der Waals surface area contributed by atoms with Gasteiger partial charge < -0.3 is 15.0 Å². The quantitative estimate of drug-likeness (QED) is 0.857. The third kappa shape index (κ3) is 4.14.